The maximum absolute atomic E-state index is 9.00. The van der Waals surface area contributed by atoms with Crippen molar-refractivity contribution < 1.29 is 26.3 Å². The van der Waals surface area contributed by atoms with Crippen molar-refractivity contribution >= 4 is 6.03 Å². The van der Waals surface area contributed by atoms with Gasteiger partial charge in [-0.15, -0.1) is 0 Å². The van der Waals surface area contributed by atoms with Crippen molar-refractivity contribution in [2.24, 2.45) is 11.5 Å². The highest BCUT2D eigenvalue weighted by Crippen LogP contribution is 2.16. The Morgan fingerprint density at radius 3 is 1.00 bits per heavy atom. The van der Waals surface area contributed by atoms with Crippen LogP contribution in [0, 0.1) is 0 Å². The molecule has 0 aliphatic rings. The number of carbonyl (C=O) groups excluding carboxylic acids is 1. The summed E-state index contributed by atoms with van der Waals surface area (Å²) < 4.78 is 1.42. The molecule has 136 valence electrons. The minimum Gasteiger partial charge on any atom is -1.00 e. The molecule has 0 unspecified atom stereocenters. The van der Waals surface area contributed by atoms with Gasteiger partial charge in [0, 0.05) is 0 Å². The molecule has 0 aromatic carbocycles. The SMILES string of the molecule is CCCC[N+](CCCC)(CCCC)CCCC.NC(N)=O.[Br-]. The quantitative estimate of drug-likeness (QED) is 0.487. The van der Waals surface area contributed by atoms with Gasteiger partial charge in [-0.2, -0.15) is 0 Å². The first kappa shape index (κ1) is 26.6. The first-order chi connectivity index (χ1) is 9.97. The lowest BCUT2D eigenvalue weighted by atomic mass is 10.1. The van der Waals surface area contributed by atoms with Crippen LogP contribution in [0.15, 0.2) is 0 Å². The summed E-state index contributed by atoms with van der Waals surface area (Å²) in [6, 6.07) is -0.833. The molecule has 0 aromatic heterocycles. The molecule has 22 heavy (non-hydrogen) atoms. The molecule has 0 heterocycles. The van der Waals surface area contributed by atoms with Gasteiger partial charge in [-0.05, 0) is 25.7 Å². The molecule has 0 rings (SSSR count). The smallest absolute Gasteiger partial charge is 0.309 e. The lowest BCUT2D eigenvalue weighted by Gasteiger charge is -2.39. The molecule has 4 nitrogen and oxygen atoms in total. The van der Waals surface area contributed by atoms with Gasteiger partial charge >= 0.3 is 6.03 Å². The van der Waals surface area contributed by atoms with Crippen molar-refractivity contribution in [3.63, 3.8) is 0 Å². The summed E-state index contributed by atoms with van der Waals surface area (Å²) >= 11 is 0. The molecule has 0 radical (unpaired) electrons. The topological polar surface area (TPSA) is 69.1 Å². The van der Waals surface area contributed by atoms with E-state index in [4.69, 9.17) is 4.79 Å². The van der Waals surface area contributed by atoms with Gasteiger partial charge < -0.3 is 32.9 Å². The zero-order valence-electron chi connectivity index (χ0n) is 15.4. The lowest BCUT2D eigenvalue weighted by molar-refractivity contribution is -0.929. The maximum Gasteiger partial charge on any atom is 0.309 e. The fourth-order valence-corrected chi connectivity index (χ4v) is 2.64. The largest absolute Gasteiger partial charge is 1.00 e. The molecular weight excluding hydrogens is 342 g/mol. The van der Waals surface area contributed by atoms with Crippen molar-refractivity contribution in [1.29, 1.82) is 0 Å². The van der Waals surface area contributed by atoms with E-state index in [1.165, 1.54) is 82.0 Å². The fourth-order valence-electron chi connectivity index (χ4n) is 2.64. The second kappa shape index (κ2) is 18.8. The second-order valence-corrected chi connectivity index (χ2v) is 6.05. The molecule has 0 aromatic rings. The zero-order chi connectivity index (χ0) is 16.6. The summed E-state index contributed by atoms with van der Waals surface area (Å²) in [6.45, 7) is 15.0. The monoisotopic (exact) mass is 381 g/mol. The van der Waals surface area contributed by atoms with E-state index in [0.29, 0.717) is 0 Å². The summed E-state index contributed by atoms with van der Waals surface area (Å²) in [5.74, 6) is 0. The molecule has 0 aliphatic heterocycles. The number of rotatable bonds is 12. The number of hydrogen-bond acceptors (Lipinski definition) is 1. The molecule has 0 bridgehead atoms. The van der Waals surface area contributed by atoms with Crippen LogP contribution in [0.2, 0.25) is 0 Å². The number of quaternary nitrogens is 1. The summed E-state index contributed by atoms with van der Waals surface area (Å²) in [5, 5.41) is 0. The summed E-state index contributed by atoms with van der Waals surface area (Å²) in [6.07, 6.45) is 11.1. The number of carbonyl (C=O) groups is 1. The Morgan fingerprint density at radius 2 is 0.864 bits per heavy atom. The Bertz CT molecular complexity index is 196. The van der Waals surface area contributed by atoms with Gasteiger partial charge in [0.25, 0.3) is 0 Å². The Kier molecular flexibility index (Phi) is 22.7. The zero-order valence-corrected chi connectivity index (χ0v) is 17.0. The summed E-state index contributed by atoms with van der Waals surface area (Å²) in [7, 11) is 0. The Balaban J connectivity index is -0.000000640. The van der Waals surface area contributed by atoms with E-state index in [-0.39, 0.29) is 17.0 Å². The molecule has 0 atom stereocenters. The van der Waals surface area contributed by atoms with Gasteiger partial charge in [-0.3, -0.25) is 0 Å². The number of halogens is 1. The number of urea groups is 1. The predicted octanol–water partition coefficient (Wildman–Crippen LogP) is 1.03. The minimum absolute atomic E-state index is 0. The molecule has 0 fully saturated rings. The van der Waals surface area contributed by atoms with Crippen LogP contribution < -0.4 is 28.4 Å². The van der Waals surface area contributed by atoms with Crippen molar-refractivity contribution in [2.45, 2.75) is 79.1 Å². The number of primary amides is 2. The summed E-state index contributed by atoms with van der Waals surface area (Å²) in [5.41, 5.74) is 8.50. The van der Waals surface area contributed by atoms with Crippen LogP contribution in [0.1, 0.15) is 79.1 Å². The molecule has 2 amide bonds. The van der Waals surface area contributed by atoms with Gasteiger partial charge in [-0.25, -0.2) is 4.79 Å². The van der Waals surface area contributed by atoms with E-state index in [0.717, 1.165) is 0 Å². The Hall–Kier alpha value is -0.290. The van der Waals surface area contributed by atoms with Crippen LogP contribution in [-0.4, -0.2) is 36.7 Å². The molecular formula is C17H40BrN3O. The predicted molar refractivity (Wildman–Crippen MR) is 93.1 cm³/mol. The van der Waals surface area contributed by atoms with Crippen molar-refractivity contribution in [2.75, 3.05) is 26.2 Å². The highest BCUT2D eigenvalue weighted by atomic mass is 79.9. The normalized spacial score (nSPS) is 10.4. The van der Waals surface area contributed by atoms with Crippen molar-refractivity contribution in [1.82, 2.24) is 0 Å². The maximum atomic E-state index is 9.00. The van der Waals surface area contributed by atoms with E-state index < -0.39 is 6.03 Å². The second-order valence-electron chi connectivity index (χ2n) is 6.05. The fraction of sp³-hybridized carbons (Fsp3) is 0.941. The van der Waals surface area contributed by atoms with Crippen LogP contribution in [0.25, 0.3) is 0 Å². The first-order valence-corrected chi connectivity index (χ1v) is 8.87. The van der Waals surface area contributed by atoms with Gasteiger partial charge in [-0.1, -0.05) is 53.4 Å². The number of nitrogens with zero attached hydrogens (tertiary/aromatic N) is 1. The van der Waals surface area contributed by atoms with E-state index in [9.17, 15) is 0 Å². The standard InChI is InChI=1S/C16H36N.CH4N2O.BrH/c1-5-9-13-17(14-10-6-2,15-11-7-3)16-12-8-4;2-1(3)4;/h5-16H2,1-4H3;(H4,2,3,4);1H/q+1;;/p-1. The van der Waals surface area contributed by atoms with Crippen LogP contribution in [0.3, 0.4) is 0 Å². The molecule has 0 aliphatic carbocycles. The van der Waals surface area contributed by atoms with Gasteiger partial charge in [0.15, 0.2) is 0 Å². The number of hydrogen-bond donors (Lipinski definition) is 2. The highest BCUT2D eigenvalue weighted by Gasteiger charge is 2.24. The lowest BCUT2D eigenvalue weighted by Crippen LogP contribution is -3.00. The molecule has 5 heteroatoms. The Morgan fingerprint density at radius 1 is 0.682 bits per heavy atom. The molecule has 0 spiro atoms. The molecule has 4 N–H and O–H groups in total. The first-order valence-electron chi connectivity index (χ1n) is 8.87. The van der Waals surface area contributed by atoms with Gasteiger partial charge in [0.2, 0.25) is 0 Å². The number of nitrogens with two attached hydrogens (primary N) is 2. The van der Waals surface area contributed by atoms with Gasteiger partial charge in [0.1, 0.15) is 0 Å². The number of unbranched alkanes of at least 4 members (excludes halogenated alkanes) is 4. The highest BCUT2D eigenvalue weighted by molar-refractivity contribution is 5.69. The van der Waals surface area contributed by atoms with E-state index >= 15 is 0 Å². The average molecular weight is 382 g/mol. The van der Waals surface area contributed by atoms with Crippen LogP contribution in [0.5, 0.6) is 0 Å². The molecule has 0 saturated carbocycles. The third-order valence-electron chi connectivity index (χ3n) is 3.94. The van der Waals surface area contributed by atoms with E-state index in [1.807, 2.05) is 0 Å². The van der Waals surface area contributed by atoms with Crippen molar-refractivity contribution in [3.05, 3.63) is 0 Å². The van der Waals surface area contributed by atoms with Crippen LogP contribution in [-0.2, 0) is 0 Å². The Labute approximate surface area is 149 Å². The third-order valence-corrected chi connectivity index (χ3v) is 3.94. The van der Waals surface area contributed by atoms with Crippen molar-refractivity contribution in [3.8, 4) is 0 Å². The third kappa shape index (κ3) is 17.8. The number of amides is 2. The van der Waals surface area contributed by atoms with E-state index in [2.05, 4.69) is 39.2 Å². The van der Waals surface area contributed by atoms with Gasteiger partial charge in [0.05, 0.1) is 26.2 Å². The molecule has 0 saturated heterocycles. The van der Waals surface area contributed by atoms with E-state index in [1.54, 1.807) is 0 Å². The van der Waals surface area contributed by atoms with Crippen LogP contribution >= 0.6 is 0 Å². The summed E-state index contributed by atoms with van der Waals surface area (Å²) in [4.78, 5) is 9.00. The minimum atomic E-state index is -0.833. The van der Waals surface area contributed by atoms with Crippen LogP contribution in [0.4, 0.5) is 4.79 Å². The average Bonchev–Trinajstić information content (AvgIpc) is 2.45.